The van der Waals surface area contributed by atoms with E-state index >= 15 is 0 Å². The number of benzene rings is 1. The molecule has 0 spiro atoms. The van der Waals surface area contributed by atoms with Crippen molar-refractivity contribution in [1.29, 1.82) is 0 Å². The van der Waals surface area contributed by atoms with E-state index in [1.807, 2.05) is 30.3 Å². The summed E-state index contributed by atoms with van der Waals surface area (Å²) < 4.78 is 5.00. The van der Waals surface area contributed by atoms with Crippen LogP contribution in [0.2, 0.25) is 0 Å². The molecule has 1 aromatic carbocycles. The number of nitro groups is 1. The molecule has 2 aromatic rings. The minimum Gasteiger partial charge on any atom is -0.481 e. The zero-order chi connectivity index (χ0) is 14.5. The van der Waals surface area contributed by atoms with Crippen molar-refractivity contribution in [2.24, 2.45) is 5.73 Å². The van der Waals surface area contributed by atoms with Crippen molar-refractivity contribution in [3.05, 3.63) is 63.8 Å². The molecule has 2 rings (SSSR count). The third kappa shape index (κ3) is 3.10. The average molecular weight is 273 g/mol. The van der Waals surface area contributed by atoms with Gasteiger partial charge in [-0.3, -0.25) is 10.1 Å². The van der Waals surface area contributed by atoms with Gasteiger partial charge in [-0.05, 0) is 5.56 Å². The van der Waals surface area contributed by atoms with Crippen molar-refractivity contribution in [1.82, 2.24) is 4.98 Å². The van der Waals surface area contributed by atoms with E-state index in [1.54, 1.807) is 0 Å². The maximum Gasteiger partial charge on any atom is 0.291 e. The van der Waals surface area contributed by atoms with Gasteiger partial charge < -0.3 is 10.5 Å². The summed E-state index contributed by atoms with van der Waals surface area (Å²) in [5.74, 6) is 0.339. The molecule has 6 nitrogen and oxygen atoms in total. The van der Waals surface area contributed by atoms with Gasteiger partial charge in [-0.2, -0.15) is 0 Å². The van der Waals surface area contributed by atoms with E-state index in [4.69, 9.17) is 10.5 Å². The number of methoxy groups -OCH3 is 1. The van der Waals surface area contributed by atoms with Gasteiger partial charge in [-0.25, -0.2) is 4.98 Å². The highest BCUT2D eigenvalue weighted by Crippen LogP contribution is 2.24. The predicted molar refractivity (Wildman–Crippen MR) is 74.5 cm³/mol. The van der Waals surface area contributed by atoms with E-state index in [-0.39, 0.29) is 18.2 Å². The Bertz CT molecular complexity index is 602. The molecule has 1 aromatic heterocycles. The molecular formula is C14H15N3O3. The third-order valence-corrected chi connectivity index (χ3v) is 2.97. The predicted octanol–water partition coefficient (Wildman–Crippen LogP) is 2.24. The van der Waals surface area contributed by atoms with Crippen molar-refractivity contribution in [2.45, 2.75) is 12.5 Å². The molecule has 1 unspecified atom stereocenters. The van der Waals surface area contributed by atoms with Crippen LogP contribution in [-0.2, 0) is 6.42 Å². The number of pyridine rings is 1. The monoisotopic (exact) mass is 273 g/mol. The zero-order valence-electron chi connectivity index (χ0n) is 11.0. The van der Waals surface area contributed by atoms with Crippen LogP contribution >= 0.6 is 0 Å². The lowest BCUT2D eigenvalue weighted by molar-refractivity contribution is -0.386. The summed E-state index contributed by atoms with van der Waals surface area (Å²) in [6.45, 7) is 0. The van der Waals surface area contributed by atoms with Crippen LogP contribution in [0.15, 0.2) is 42.5 Å². The van der Waals surface area contributed by atoms with Gasteiger partial charge in [-0.1, -0.05) is 30.3 Å². The Morgan fingerprint density at radius 1 is 1.30 bits per heavy atom. The van der Waals surface area contributed by atoms with Crippen molar-refractivity contribution in [3.63, 3.8) is 0 Å². The second-order valence-electron chi connectivity index (χ2n) is 4.30. The van der Waals surface area contributed by atoms with E-state index in [1.165, 1.54) is 19.2 Å². The Kier molecular flexibility index (Phi) is 4.27. The molecular weight excluding hydrogens is 258 g/mol. The molecule has 0 fully saturated rings. The van der Waals surface area contributed by atoms with Crippen LogP contribution in [0.25, 0.3) is 0 Å². The molecule has 0 amide bonds. The molecule has 1 heterocycles. The number of nitrogens with zero attached hydrogens (tertiary/aromatic N) is 2. The smallest absolute Gasteiger partial charge is 0.291 e. The lowest BCUT2D eigenvalue weighted by atomic mass is 10.0. The maximum absolute atomic E-state index is 11.0. The summed E-state index contributed by atoms with van der Waals surface area (Å²) >= 11 is 0. The molecule has 6 heteroatoms. The fourth-order valence-electron chi connectivity index (χ4n) is 1.93. The molecule has 0 bridgehead atoms. The first-order valence-electron chi connectivity index (χ1n) is 6.10. The topological polar surface area (TPSA) is 91.3 Å². The standard InChI is InChI=1S/C14H15N3O3/c1-20-14-8-7-13(17(18)19)12(16-14)9-11(15)10-5-3-2-4-6-10/h2-8,11H,9,15H2,1H3. The second-order valence-corrected chi connectivity index (χ2v) is 4.30. The van der Waals surface area contributed by atoms with Crippen molar-refractivity contribution >= 4 is 5.69 Å². The van der Waals surface area contributed by atoms with Crippen LogP contribution in [0.5, 0.6) is 5.88 Å². The Morgan fingerprint density at radius 2 is 2.00 bits per heavy atom. The first kappa shape index (κ1) is 14.0. The van der Waals surface area contributed by atoms with Crippen molar-refractivity contribution in [2.75, 3.05) is 7.11 Å². The number of ether oxygens (including phenoxy) is 1. The van der Waals surface area contributed by atoms with E-state index in [9.17, 15) is 10.1 Å². The van der Waals surface area contributed by atoms with Crippen molar-refractivity contribution in [3.8, 4) is 5.88 Å². The lowest BCUT2D eigenvalue weighted by Gasteiger charge is -2.12. The minimum atomic E-state index is -0.459. The van der Waals surface area contributed by atoms with Gasteiger partial charge in [0, 0.05) is 24.6 Å². The summed E-state index contributed by atoms with van der Waals surface area (Å²) in [5, 5.41) is 11.0. The molecule has 0 radical (unpaired) electrons. The SMILES string of the molecule is COc1ccc([N+](=O)[O-])c(CC(N)c2ccccc2)n1. The van der Waals surface area contributed by atoms with E-state index < -0.39 is 4.92 Å². The first-order chi connectivity index (χ1) is 9.61. The second kappa shape index (κ2) is 6.12. The first-order valence-corrected chi connectivity index (χ1v) is 6.10. The average Bonchev–Trinajstić information content (AvgIpc) is 2.47. The summed E-state index contributed by atoms with van der Waals surface area (Å²) in [5.41, 5.74) is 7.27. The largest absolute Gasteiger partial charge is 0.481 e. The van der Waals surface area contributed by atoms with Gasteiger partial charge in [0.15, 0.2) is 0 Å². The van der Waals surface area contributed by atoms with Crippen LogP contribution < -0.4 is 10.5 Å². The molecule has 0 saturated heterocycles. The van der Waals surface area contributed by atoms with Gasteiger partial charge in [0.2, 0.25) is 5.88 Å². The molecule has 2 N–H and O–H groups in total. The van der Waals surface area contributed by atoms with Crippen LogP contribution in [0.1, 0.15) is 17.3 Å². The van der Waals surface area contributed by atoms with E-state index in [0.717, 1.165) is 5.56 Å². The van der Waals surface area contributed by atoms with Gasteiger partial charge in [0.05, 0.1) is 12.0 Å². The lowest BCUT2D eigenvalue weighted by Crippen LogP contribution is -2.15. The Labute approximate surface area is 116 Å². The fourth-order valence-corrected chi connectivity index (χ4v) is 1.93. The van der Waals surface area contributed by atoms with E-state index in [2.05, 4.69) is 4.98 Å². The van der Waals surface area contributed by atoms with Crippen LogP contribution in [0.4, 0.5) is 5.69 Å². The summed E-state index contributed by atoms with van der Waals surface area (Å²) in [6.07, 6.45) is 0.275. The maximum atomic E-state index is 11.0. The normalized spacial score (nSPS) is 11.9. The highest BCUT2D eigenvalue weighted by atomic mass is 16.6. The number of nitrogens with two attached hydrogens (primary N) is 1. The summed E-state index contributed by atoms with van der Waals surface area (Å²) in [6, 6.07) is 11.9. The summed E-state index contributed by atoms with van der Waals surface area (Å²) in [4.78, 5) is 14.7. The Balaban J connectivity index is 2.29. The minimum absolute atomic E-state index is 0.0443. The van der Waals surface area contributed by atoms with Crippen LogP contribution in [-0.4, -0.2) is 17.0 Å². The molecule has 20 heavy (non-hydrogen) atoms. The molecule has 0 saturated carbocycles. The highest BCUT2D eigenvalue weighted by Gasteiger charge is 2.19. The number of rotatable bonds is 5. The Hall–Kier alpha value is -2.47. The summed E-state index contributed by atoms with van der Waals surface area (Å²) in [7, 11) is 1.47. The van der Waals surface area contributed by atoms with Gasteiger partial charge in [-0.15, -0.1) is 0 Å². The third-order valence-electron chi connectivity index (χ3n) is 2.97. The Morgan fingerprint density at radius 3 is 2.60 bits per heavy atom. The number of aromatic nitrogens is 1. The number of hydrogen-bond acceptors (Lipinski definition) is 5. The van der Waals surface area contributed by atoms with E-state index in [0.29, 0.717) is 11.6 Å². The molecule has 0 aliphatic carbocycles. The van der Waals surface area contributed by atoms with Crippen LogP contribution in [0, 0.1) is 10.1 Å². The van der Waals surface area contributed by atoms with Gasteiger partial charge >= 0.3 is 0 Å². The van der Waals surface area contributed by atoms with Crippen LogP contribution in [0.3, 0.4) is 0 Å². The molecule has 0 aliphatic heterocycles. The zero-order valence-corrected chi connectivity index (χ0v) is 11.0. The van der Waals surface area contributed by atoms with Gasteiger partial charge in [0.1, 0.15) is 5.69 Å². The number of hydrogen-bond donors (Lipinski definition) is 1. The van der Waals surface area contributed by atoms with Gasteiger partial charge in [0.25, 0.3) is 5.69 Å². The van der Waals surface area contributed by atoms with Crippen molar-refractivity contribution < 1.29 is 9.66 Å². The molecule has 0 aliphatic rings. The molecule has 104 valence electrons. The quantitative estimate of drug-likeness (QED) is 0.666. The highest BCUT2D eigenvalue weighted by molar-refractivity contribution is 5.39. The molecule has 1 atom stereocenters. The fraction of sp³-hybridized carbons (Fsp3) is 0.214.